The topological polar surface area (TPSA) is 66.8 Å². The number of amides is 1. The SMILES string of the molecule is O=C(O)[C@H]1CC[C@@H](C(=O)N(CC(F)(F)F)C2CC2)O1. The average Bonchev–Trinajstić information content (AvgIpc) is 3.00. The summed E-state index contributed by atoms with van der Waals surface area (Å²) in [6, 6.07) is -0.387. The zero-order valence-electron chi connectivity index (χ0n) is 10.0. The number of hydrogen-bond donors (Lipinski definition) is 1. The van der Waals surface area contributed by atoms with Gasteiger partial charge in [0.15, 0.2) is 6.10 Å². The number of aliphatic carboxylic acids is 1. The van der Waals surface area contributed by atoms with Crippen LogP contribution in [0, 0.1) is 0 Å². The maximum atomic E-state index is 12.4. The molecule has 1 saturated carbocycles. The number of halogens is 3. The highest BCUT2D eigenvalue weighted by Gasteiger charge is 2.45. The molecule has 0 radical (unpaired) electrons. The lowest BCUT2D eigenvalue weighted by Crippen LogP contribution is -2.45. The largest absolute Gasteiger partial charge is 0.479 e. The lowest BCUT2D eigenvalue weighted by molar-refractivity contribution is -0.171. The fourth-order valence-corrected chi connectivity index (χ4v) is 2.15. The van der Waals surface area contributed by atoms with E-state index in [1.165, 1.54) is 0 Å². The van der Waals surface area contributed by atoms with Crippen LogP contribution in [0.1, 0.15) is 25.7 Å². The van der Waals surface area contributed by atoms with Gasteiger partial charge >= 0.3 is 12.1 Å². The monoisotopic (exact) mass is 281 g/mol. The summed E-state index contributed by atoms with van der Waals surface area (Å²) in [4.78, 5) is 23.4. The van der Waals surface area contributed by atoms with Crippen molar-refractivity contribution in [1.82, 2.24) is 4.90 Å². The molecule has 2 atom stereocenters. The minimum atomic E-state index is -4.46. The molecule has 0 aromatic rings. The van der Waals surface area contributed by atoms with Gasteiger partial charge in [0, 0.05) is 6.04 Å². The van der Waals surface area contributed by atoms with E-state index in [-0.39, 0.29) is 18.9 Å². The fourth-order valence-electron chi connectivity index (χ4n) is 2.15. The maximum absolute atomic E-state index is 12.4. The quantitative estimate of drug-likeness (QED) is 0.840. The third kappa shape index (κ3) is 3.59. The third-order valence-corrected chi connectivity index (χ3v) is 3.19. The molecule has 1 heterocycles. The van der Waals surface area contributed by atoms with Crippen molar-refractivity contribution in [2.45, 2.75) is 50.1 Å². The van der Waals surface area contributed by atoms with Crippen molar-refractivity contribution >= 4 is 11.9 Å². The zero-order valence-corrected chi connectivity index (χ0v) is 10.0. The van der Waals surface area contributed by atoms with E-state index < -0.39 is 36.8 Å². The second-order valence-electron chi connectivity index (χ2n) is 4.84. The molecule has 2 fully saturated rings. The lowest BCUT2D eigenvalue weighted by Gasteiger charge is -2.26. The molecule has 5 nitrogen and oxygen atoms in total. The summed E-state index contributed by atoms with van der Waals surface area (Å²) in [6.45, 7) is -1.30. The molecular weight excluding hydrogens is 267 g/mol. The molecule has 2 aliphatic rings. The Hall–Kier alpha value is -1.31. The fraction of sp³-hybridized carbons (Fsp3) is 0.818. The van der Waals surface area contributed by atoms with Crippen molar-refractivity contribution in [2.75, 3.05) is 6.54 Å². The standard InChI is InChI=1S/C11H14F3NO4/c12-11(13,14)5-15(6-1-2-6)9(16)7-3-4-8(19-7)10(17)18/h6-8H,1-5H2,(H,17,18)/t7-,8+/m0/s1. The molecule has 0 aromatic heterocycles. The number of hydrogen-bond acceptors (Lipinski definition) is 3. The van der Waals surface area contributed by atoms with Crippen molar-refractivity contribution in [2.24, 2.45) is 0 Å². The summed E-state index contributed by atoms with van der Waals surface area (Å²) >= 11 is 0. The first kappa shape index (κ1) is 14.1. The smallest absolute Gasteiger partial charge is 0.406 e. The van der Waals surface area contributed by atoms with Crippen molar-refractivity contribution < 1.29 is 32.6 Å². The molecule has 0 spiro atoms. The first-order valence-corrected chi connectivity index (χ1v) is 6.03. The maximum Gasteiger partial charge on any atom is 0.406 e. The molecular formula is C11H14F3NO4. The van der Waals surface area contributed by atoms with E-state index in [0.717, 1.165) is 4.90 Å². The van der Waals surface area contributed by atoms with E-state index in [4.69, 9.17) is 9.84 Å². The number of carbonyl (C=O) groups is 2. The van der Waals surface area contributed by atoms with Gasteiger partial charge in [0.1, 0.15) is 12.6 Å². The second kappa shape index (κ2) is 4.99. The lowest BCUT2D eigenvalue weighted by atomic mass is 10.2. The number of carboxylic acid groups (broad SMARTS) is 1. The Balaban J connectivity index is 1.98. The number of carboxylic acids is 1. The Bertz CT molecular complexity index is 381. The third-order valence-electron chi connectivity index (χ3n) is 3.19. The number of rotatable bonds is 4. The molecule has 108 valence electrons. The van der Waals surface area contributed by atoms with Gasteiger partial charge in [0.05, 0.1) is 0 Å². The van der Waals surface area contributed by atoms with Crippen LogP contribution < -0.4 is 0 Å². The van der Waals surface area contributed by atoms with Gasteiger partial charge in [-0.1, -0.05) is 0 Å². The zero-order chi connectivity index (χ0) is 14.2. The van der Waals surface area contributed by atoms with E-state index in [0.29, 0.717) is 12.8 Å². The summed E-state index contributed by atoms with van der Waals surface area (Å²) in [5.41, 5.74) is 0. The minimum absolute atomic E-state index is 0.149. The van der Waals surface area contributed by atoms with Crippen molar-refractivity contribution in [1.29, 1.82) is 0 Å². The molecule has 1 N–H and O–H groups in total. The Morgan fingerprint density at radius 2 is 1.74 bits per heavy atom. The molecule has 0 unspecified atom stereocenters. The molecule has 1 saturated heterocycles. The van der Waals surface area contributed by atoms with Gasteiger partial charge in [-0.15, -0.1) is 0 Å². The van der Waals surface area contributed by atoms with Crippen LogP contribution in [-0.4, -0.2) is 52.9 Å². The van der Waals surface area contributed by atoms with Crippen LogP contribution in [0.3, 0.4) is 0 Å². The Kier molecular flexibility index (Phi) is 3.71. The van der Waals surface area contributed by atoms with Gasteiger partial charge < -0.3 is 14.7 Å². The van der Waals surface area contributed by atoms with Crippen molar-refractivity contribution in [3.63, 3.8) is 0 Å². The predicted molar refractivity (Wildman–Crippen MR) is 56.3 cm³/mol. The number of ether oxygens (including phenoxy) is 1. The summed E-state index contributed by atoms with van der Waals surface area (Å²) in [5.74, 6) is -1.94. The van der Waals surface area contributed by atoms with Gasteiger partial charge in [-0.2, -0.15) is 13.2 Å². The van der Waals surface area contributed by atoms with Crippen LogP contribution in [0.2, 0.25) is 0 Å². The van der Waals surface area contributed by atoms with E-state index >= 15 is 0 Å². The highest BCUT2D eigenvalue weighted by Crippen LogP contribution is 2.32. The van der Waals surface area contributed by atoms with Crippen molar-refractivity contribution in [3.8, 4) is 0 Å². The molecule has 19 heavy (non-hydrogen) atoms. The van der Waals surface area contributed by atoms with Gasteiger partial charge in [-0.05, 0) is 25.7 Å². The predicted octanol–water partition coefficient (Wildman–Crippen LogP) is 1.17. The first-order chi connectivity index (χ1) is 8.78. The molecule has 1 aliphatic carbocycles. The number of alkyl halides is 3. The number of carbonyl (C=O) groups excluding carboxylic acids is 1. The van der Waals surface area contributed by atoms with Crippen LogP contribution >= 0.6 is 0 Å². The molecule has 0 aromatic carbocycles. The number of nitrogens with zero attached hydrogens (tertiary/aromatic N) is 1. The molecule has 0 bridgehead atoms. The highest BCUT2D eigenvalue weighted by molar-refractivity contribution is 5.83. The Morgan fingerprint density at radius 3 is 2.16 bits per heavy atom. The van der Waals surface area contributed by atoms with E-state index in [2.05, 4.69) is 0 Å². The molecule has 1 aliphatic heterocycles. The van der Waals surface area contributed by atoms with Crippen LogP contribution in [0.25, 0.3) is 0 Å². The molecule has 8 heteroatoms. The van der Waals surface area contributed by atoms with Gasteiger partial charge in [0.25, 0.3) is 5.91 Å². The first-order valence-electron chi connectivity index (χ1n) is 6.03. The summed E-state index contributed by atoms with van der Waals surface area (Å²) in [5, 5.41) is 8.73. The van der Waals surface area contributed by atoms with Crippen LogP contribution in [0.15, 0.2) is 0 Å². The highest BCUT2D eigenvalue weighted by atomic mass is 19.4. The Labute approximate surface area is 107 Å². The van der Waals surface area contributed by atoms with E-state index in [1.54, 1.807) is 0 Å². The van der Waals surface area contributed by atoms with Crippen LogP contribution in [0.5, 0.6) is 0 Å². The summed E-state index contributed by atoms with van der Waals surface area (Å²) in [7, 11) is 0. The van der Waals surface area contributed by atoms with Crippen LogP contribution in [-0.2, 0) is 14.3 Å². The second-order valence-corrected chi connectivity index (χ2v) is 4.84. The van der Waals surface area contributed by atoms with E-state index in [9.17, 15) is 22.8 Å². The normalized spacial score (nSPS) is 27.3. The molecule has 2 rings (SSSR count). The minimum Gasteiger partial charge on any atom is -0.479 e. The summed E-state index contributed by atoms with van der Waals surface area (Å²) < 4.78 is 42.3. The van der Waals surface area contributed by atoms with Crippen molar-refractivity contribution in [3.05, 3.63) is 0 Å². The summed E-state index contributed by atoms with van der Waals surface area (Å²) in [6.07, 6.45) is -5.21. The van der Waals surface area contributed by atoms with Gasteiger partial charge in [-0.25, -0.2) is 4.79 Å². The van der Waals surface area contributed by atoms with Gasteiger partial charge in [-0.3, -0.25) is 4.79 Å². The van der Waals surface area contributed by atoms with E-state index in [1.807, 2.05) is 0 Å². The van der Waals surface area contributed by atoms with Crippen LogP contribution in [0.4, 0.5) is 13.2 Å². The Morgan fingerprint density at radius 1 is 1.16 bits per heavy atom. The van der Waals surface area contributed by atoms with Gasteiger partial charge in [0.2, 0.25) is 0 Å². The molecule has 1 amide bonds. The average molecular weight is 281 g/mol.